The average Bonchev–Trinajstić information content (AvgIpc) is 3.54. The second-order valence-corrected chi connectivity index (χ2v) is 6.75. The minimum Gasteiger partial charge on any atom is -0.490 e. The van der Waals surface area contributed by atoms with Gasteiger partial charge in [-0.25, -0.2) is 0 Å². The maximum absolute atomic E-state index is 13.4. The van der Waals surface area contributed by atoms with Gasteiger partial charge in [-0.3, -0.25) is 4.79 Å². The molecule has 0 spiro atoms. The first-order valence-corrected chi connectivity index (χ1v) is 10.1. The molecule has 2 aromatic rings. The summed E-state index contributed by atoms with van der Waals surface area (Å²) in [6.07, 6.45) is 2.10. The Hall–Kier alpha value is -2.69. The fraction of sp³-hybridized carbons (Fsp3) is 0.435. The molecule has 1 amide bonds. The molecule has 0 aromatic heterocycles. The summed E-state index contributed by atoms with van der Waals surface area (Å²) >= 11 is 0. The van der Waals surface area contributed by atoms with E-state index in [0.717, 1.165) is 18.4 Å². The summed E-state index contributed by atoms with van der Waals surface area (Å²) in [5.41, 5.74) is 1.70. The van der Waals surface area contributed by atoms with Gasteiger partial charge in [0, 0.05) is 18.2 Å². The number of benzene rings is 2. The molecule has 0 heterocycles. The topological polar surface area (TPSA) is 48.0 Å². The lowest BCUT2D eigenvalue weighted by molar-refractivity contribution is 0.0728. The van der Waals surface area contributed by atoms with E-state index in [0.29, 0.717) is 55.2 Å². The second-order valence-electron chi connectivity index (χ2n) is 6.75. The molecule has 1 fully saturated rings. The second kappa shape index (κ2) is 9.49. The average molecular weight is 383 g/mol. The SMILES string of the molecule is CCOc1cc(C(=O)N(Cc2ccccc2)C2CC2)cc(OCC)c1OCC. The van der Waals surface area contributed by atoms with E-state index in [4.69, 9.17) is 14.2 Å². The van der Waals surface area contributed by atoms with Gasteiger partial charge in [0.05, 0.1) is 19.8 Å². The van der Waals surface area contributed by atoms with E-state index in [1.54, 1.807) is 12.1 Å². The lowest BCUT2D eigenvalue weighted by atomic mass is 10.1. The largest absolute Gasteiger partial charge is 0.490 e. The quantitative estimate of drug-likeness (QED) is 0.597. The van der Waals surface area contributed by atoms with E-state index >= 15 is 0 Å². The Balaban J connectivity index is 1.94. The van der Waals surface area contributed by atoms with Crippen molar-refractivity contribution in [1.29, 1.82) is 0 Å². The number of nitrogens with zero attached hydrogens (tertiary/aromatic N) is 1. The van der Waals surface area contributed by atoms with Gasteiger partial charge in [-0.15, -0.1) is 0 Å². The number of carbonyl (C=O) groups is 1. The smallest absolute Gasteiger partial charge is 0.254 e. The third-order valence-electron chi connectivity index (χ3n) is 4.60. The van der Waals surface area contributed by atoms with Crippen LogP contribution in [0.1, 0.15) is 49.5 Å². The molecule has 0 atom stereocenters. The molecular formula is C23H29NO4. The van der Waals surface area contributed by atoms with Crippen molar-refractivity contribution in [2.45, 2.75) is 46.2 Å². The molecule has 0 aliphatic heterocycles. The van der Waals surface area contributed by atoms with Crippen LogP contribution in [-0.4, -0.2) is 36.7 Å². The summed E-state index contributed by atoms with van der Waals surface area (Å²) in [6, 6.07) is 14.0. The molecule has 1 aliphatic rings. The third-order valence-corrected chi connectivity index (χ3v) is 4.60. The molecule has 1 saturated carbocycles. The van der Waals surface area contributed by atoms with E-state index in [9.17, 15) is 4.79 Å². The molecule has 0 radical (unpaired) electrons. The number of hydrogen-bond acceptors (Lipinski definition) is 4. The maximum atomic E-state index is 13.4. The van der Waals surface area contributed by atoms with Crippen LogP contribution in [0.4, 0.5) is 0 Å². The maximum Gasteiger partial charge on any atom is 0.254 e. The molecule has 5 heteroatoms. The summed E-state index contributed by atoms with van der Waals surface area (Å²) in [6.45, 7) is 7.81. The van der Waals surface area contributed by atoms with Crippen LogP contribution in [0.3, 0.4) is 0 Å². The molecule has 1 aliphatic carbocycles. The third kappa shape index (κ3) is 4.77. The normalized spacial score (nSPS) is 13.1. The first-order chi connectivity index (χ1) is 13.7. The van der Waals surface area contributed by atoms with Crippen molar-refractivity contribution in [2.75, 3.05) is 19.8 Å². The van der Waals surface area contributed by atoms with Crippen molar-refractivity contribution in [3.8, 4) is 17.2 Å². The molecule has 2 aromatic carbocycles. The number of carbonyl (C=O) groups excluding carboxylic acids is 1. The van der Waals surface area contributed by atoms with E-state index in [-0.39, 0.29) is 5.91 Å². The minimum atomic E-state index is -0.00342. The summed E-state index contributed by atoms with van der Waals surface area (Å²) in [4.78, 5) is 15.3. The van der Waals surface area contributed by atoms with Crippen LogP contribution < -0.4 is 14.2 Å². The van der Waals surface area contributed by atoms with Crippen LogP contribution in [-0.2, 0) is 6.54 Å². The van der Waals surface area contributed by atoms with Crippen molar-refractivity contribution in [3.05, 3.63) is 53.6 Å². The number of rotatable bonds is 10. The lowest BCUT2D eigenvalue weighted by Gasteiger charge is -2.24. The van der Waals surface area contributed by atoms with E-state index in [1.807, 2.05) is 43.9 Å². The lowest BCUT2D eigenvalue weighted by Crippen LogP contribution is -2.32. The zero-order valence-corrected chi connectivity index (χ0v) is 16.9. The van der Waals surface area contributed by atoms with E-state index in [1.165, 1.54) is 0 Å². The highest BCUT2D eigenvalue weighted by Crippen LogP contribution is 2.40. The molecule has 0 bridgehead atoms. The molecule has 0 N–H and O–H groups in total. The Labute approximate surface area is 167 Å². The summed E-state index contributed by atoms with van der Waals surface area (Å²) in [5.74, 6) is 1.66. The summed E-state index contributed by atoms with van der Waals surface area (Å²) in [7, 11) is 0. The Morgan fingerprint density at radius 3 is 2.00 bits per heavy atom. The molecule has 0 unspecified atom stereocenters. The minimum absolute atomic E-state index is 0.00342. The summed E-state index contributed by atoms with van der Waals surface area (Å²) < 4.78 is 17.3. The number of ether oxygens (including phenoxy) is 3. The fourth-order valence-electron chi connectivity index (χ4n) is 3.21. The zero-order chi connectivity index (χ0) is 19.9. The van der Waals surface area contributed by atoms with Crippen LogP contribution in [0.2, 0.25) is 0 Å². The predicted molar refractivity (Wildman–Crippen MR) is 109 cm³/mol. The standard InChI is InChI=1S/C23H29NO4/c1-4-26-20-14-18(15-21(27-5-2)22(20)28-6-3)23(25)24(19-12-13-19)16-17-10-8-7-9-11-17/h7-11,14-15,19H,4-6,12-13,16H2,1-3H3. The van der Waals surface area contributed by atoms with Gasteiger partial charge in [0.1, 0.15) is 0 Å². The van der Waals surface area contributed by atoms with Gasteiger partial charge >= 0.3 is 0 Å². The van der Waals surface area contributed by atoms with Crippen LogP contribution >= 0.6 is 0 Å². The van der Waals surface area contributed by atoms with Crippen LogP contribution in [0.15, 0.2) is 42.5 Å². The van der Waals surface area contributed by atoms with E-state index < -0.39 is 0 Å². The molecule has 0 saturated heterocycles. The van der Waals surface area contributed by atoms with Crippen molar-refractivity contribution in [3.63, 3.8) is 0 Å². The molecule has 5 nitrogen and oxygen atoms in total. The number of amides is 1. The van der Waals surface area contributed by atoms with E-state index in [2.05, 4.69) is 12.1 Å². The Morgan fingerprint density at radius 2 is 1.50 bits per heavy atom. The van der Waals surface area contributed by atoms with Gasteiger partial charge in [-0.2, -0.15) is 0 Å². The van der Waals surface area contributed by atoms with Crippen molar-refractivity contribution in [2.24, 2.45) is 0 Å². The molecule has 28 heavy (non-hydrogen) atoms. The van der Waals surface area contributed by atoms with Gasteiger partial charge in [-0.1, -0.05) is 30.3 Å². The zero-order valence-electron chi connectivity index (χ0n) is 16.9. The van der Waals surface area contributed by atoms with Crippen LogP contribution in [0.5, 0.6) is 17.2 Å². The Morgan fingerprint density at radius 1 is 0.929 bits per heavy atom. The predicted octanol–water partition coefficient (Wildman–Crippen LogP) is 4.69. The Bertz CT molecular complexity index is 759. The van der Waals surface area contributed by atoms with Crippen molar-refractivity contribution >= 4 is 5.91 Å². The Kier molecular flexibility index (Phi) is 6.80. The van der Waals surface area contributed by atoms with Gasteiger partial charge in [0.15, 0.2) is 11.5 Å². The van der Waals surface area contributed by atoms with Gasteiger partial charge in [-0.05, 0) is 51.3 Å². The highest BCUT2D eigenvalue weighted by atomic mass is 16.5. The van der Waals surface area contributed by atoms with Gasteiger partial charge in [0.25, 0.3) is 5.91 Å². The van der Waals surface area contributed by atoms with Crippen molar-refractivity contribution in [1.82, 2.24) is 4.90 Å². The monoisotopic (exact) mass is 383 g/mol. The van der Waals surface area contributed by atoms with Gasteiger partial charge in [0.2, 0.25) is 5.75 Å². The first kappa shape index (κ1) is 20.1. The van der Waals surface area contributed by atoms with Gasteiger partial charge < -0.3 is 19.1 Å². The van der Waals surface area contributed by atoms with Crippen LogP contribution in [0, 0.1) is 0 Å². The number of hydrogen-bond donors (Lipinski definition) is 0. The molecule has 3 rings (SSSR count). The molecule has 150 valence electrons. The molecular weight excluding hydrogens is 354 g/mol. The van der Waals surface area contributed by atoms with Crippen molar-refractivity contribution < 1.29 is 19.0 Å². The fourth-order valence-corrected chi connectivity index (χ4v) is 3.21. The summed E-state index contributed by atoms with van der Waals surface area (Å²) in [5, 5.41) is 0. The van der Waals surface area contributed by atoms with Crippen LogP contribution in [0.25, 0.3) is 0 Å². The highest BCUT2D eigenvalue weighted by molar-refractivity contribution is 5.96. The first-order valence-electron chi connectivity index (χ1n) is 10.1. The highest BCUT2D eigenvalue weighted by Gasteiger charge is 2.34.